The molecule has 4 heteroatoms. The second-order valence-electron chi connectivity index (χ2n) is 5.78. The first-order valence-corrected chi connectivity index (χ1v) is 7.63. The number of aryl methyl sites for hydroxylation is 1. The van der Waals surface area contributed by atoms with E-state index < -0.39 is 11.9 Å². The Bertz CT molecular complexity index is 509. The molecule has 0 aliphatic carbocycles. The minimum absolute atomic E-state index is 0.0752. The zero-order valence-electron chi connectivity index (χ0n) is 12.7. The maximum Gasteiger partial charge on any atom is 0.308 e. The highest BCUT2D eigenvalue weighted by molar-refractivity contribution is 5.79. The highest BCUT2D eigenvalue weighted by Gasteiger charge is 2.38. The Labute approximate surface area is 125 Å². The summed E-state index contributed by atoms with van der Waals surface area (Å²) in [6.07, 6.45) is 2.49. The number of carboxylic acids is 1. The minimum atomic E-state index is -0.809. The lowest BCUT2D eigenvalue weighted by Gasteiger charge is -2.33. The fourth-order valence-electron chi connectivity index (χ4n) is 3.09. The normalized spacial score (nSPS) is 23.0. The lowest BCUT2D eigenvalue weighted by atomic mass is 9.89. The average molecular weight is 289 g/mol. The zero-order valence-corrected chi connectivity index (χ0v) is 12.7. The molecule has 0 saturated carbocycles. The van der Waals surface area contributed by atoms with Gasteiger partial charge in [0.1, 0.15) is 0 Å². The van der Waals surface area contributed by atoms with Crippen LogP contribution in [0.25, 0.3) is 0 Å². The summed E-state index contributed by atoms with van der Waals surface area (Å²) in [7, 11) is 0. The summed E-state index contributed by atoms with van der Waals surface area (Å²) >= 11 is 0. The average Bonchev–Trinajstić information content (AvgIpc) is 2.61. The number of carbonyl (C=O) groups is 2. The van der Waals surface area contributed by atoms with Gasteiger partial charge in [-0.05, 0) is 31.7 Å². The number of nitrogens with zero attached hydrogens (tertiary/aromatic N) is 1. The predicted octanol–water partition coefficient (Wildman–Crippen LogP) is 3.16. The van der Waals surface area contributed by atoms with Crippen LogP contribution in [-0.4, -0.2) is 28.4 Å². The number of hydrogen-bond acceptors (Lipinski definition) is 2. The molecule has 1 saturated heterocycles. The summed E-state index contributed by atoms with van der Waals surface area (Å²) in [6.45, 7) is 4.63. The van der Waals surface area contributed by atoms with Crippen molar-refractivity contribution in [3.8, 4) is 0 Å². The van der Waals surface area contributed by atoms with Crippen molar-refractivity contribution in [1.82, 2.24) is 4.90 Å². The summed E-state index contributed by atoms with van der Waals surface area (Å²) in [6, 6.07) is 7.52. The van der Waals surface area contributed by atoms with Gasteiger partial charge in [-0.2, -0.15) is 0 Å². The minimum Gasteiger partial charge on any atom is -0.481 e. The standard InChI is InChI=1S/C17H23NO3/c1-3-11-18-15(19)6-4-5-14(17(20)21)16(18)13-9-7-12(2)8-10-13/h7-10,14,16H,3-6,11H2,1-2H3,(H,20,21). The quantitative estimate of drug-likeness (QED) is 0.926. The molecular formula is C17H23NO3. The monoisotopic (exact) mass is 289 g/mol. The number of aliphatic carboxylic acids is 1. The van der Waals surface area contributed by atoms with Gasteiger partial charge in [-0.15, -0.1) is 0 Å². The number of benzene rings is 1. The Morgan fingerprint density at radius 2 is 2.00 bits per heavy atom. The van der Waals surface area contributed by atoms with Gasteiger partial charge in [0.25, 0.3) is 0 Å². The van der Waals surface area contributed by atoms with Crippen molar-refractivity contribution in [2.75, 3.05) is 6.54 Å². The van der Waals surface area contributed by atoms with E-state index >= 15 is 0 Å². The highest BCUT2D eigenvalue weighted by atomic mass is 16.4. The van der Waals surface area contributed by atoms with Gasteiger partial charge in [-0.3, -0.25) is 9.59 Å². The maximum absolute atomic E-state index is 12.4. The molecule has 0 aromatic heterocycles. The molecule has 2 atom stereocenters. The van der Waals surface area contributed by atoms with Crippen LogP contribution in [0.5, 0.6) is 0 Å². The van der Waals surface area contributed by atoms with Crippen LogP contribution in [-0.2, 0) is 9.59 Å². The third-order valence-corrected chi connectivity index (χ3v) is 4.14. The van der Waals surface area contributed by atoms with Gasteiger partial charge in [0.2, 0.25) is 5.91 Å². The Hall–Kier alpha value is -1.84. The summed E-state index contributed by atoms with van der Waals surface area (Å²) < 4.78 is 0. The van der Waals surface area contributed by atoms with Crippen LogP contribution < -0.4 is 0 Å². The molecule has 1 heterocycles. The Morgan fingerprint density at radius 3 is 2.57 bits per heavy atom. The summed E-state index contributed by atoms with van der Waals surface area (Å²) in [5.41, 5.74) is 2.06. The van der Waals surface area contributed by atoms with Crippen molar-refractivity contribution < 1.29 is 14.7 Å². The second-order valence-corrected chi connectivity index (χ2v) is 5.78. The van der Waals surface area contributed by atoms with Gasteiger partial charge in [0.15, 0.2) is 0 Å². The van der Waals surface area contributed by atoms with Crippen LogP contribution in [0.1, 0.15) is 49.8 Å². The molecule has 0 bridgehead atoms. The van der Waals surface area contributed by atoms with Crippen molar-refractivity contribution in [2.24, 2.45) is 5.92 Å². The lowest BCUT2D eigenvalue weighted by Crippen LogP contribution is -2.39. The van der Waals surface area contributed by atoms with Crippen LogP contribution >= 0.6 is 0 Å². The molecule has 114 valence electrons. The molecule has 0 spiro atoms. The first kappa shape index (κ1) is 15.5. The number of carboxylic acid groups (broad SMARTS) is 1. The van der Waals surface area contributed by atoms with E-state index in [9.17, 15) is 14.7 Å². The Kier molecular flexibility index (Phi) is 4.99. The van der Waals surface area contributed by atoms with Gasteiger partial charge in [-0.1, -0.05) is 36.8 Å². The van der Waals surface area contributed by atoms with Crippen molar-refractivity contribution in [2.45, 2.75) is 45.6 Å². The van der Waals surface area contributed by atoms with Crippen molar-refractivity contribution in [3.63, 3.8) is 0 Å². The van der Waals surface area contributed by atoms with E-state index in [-0.39, 0.29) is 11.9 Å². The van der Waals surface area contributed by atoms with E-state index in [4.69, 9.17) is 0 Å². The SMILES string of the molecule is CCCN1C(=O)CCCC(C(=O)O)C1c1ccc(C)cc1. The van der Waals surface area contributed by atoms with Crippen molar-refractivity contribution in [1.29, 1.82) is 0 Å². The molecule has 1 aromatic carbocycles. The molecule has 4 nitrogen and oxygen atoms in total. The second kappa shape index (κ2) is 6.74. The summed E-state index contributed by atoms with van der Waals surface area (Å²) in [5, 5.41) is 9.58. The van der Waals surface area contributed by atoms with Crippen LogP contribution in [0.15, 0.2) is 24.3 Å². The number of amides is 1. The van der Waals surface area contributed by atoms with Crippen LogP contribution in [0.2, 0.25) is 0 Å². The largest absolute Gasteiger partial charge is 0.481 e. The van der Waals surface area contributed by atoms with Crippen molar-refractivity contribution in [3.05, 3.63) is 35.4 Å². The molecule has 1 amide bonds. The van der Waals surface area contributed by atoms with Crippen molar-refractivity contribution >= 4 is 11.9 Å². The molecule has 1 fully saturated rings. The van der Waals surface area contributed by atoms with E-state index in [1.165, 1.54) is 0 Å². The Morgan fingerprint density at radius 1 is 1.33 bits per heavy atom. The first-order chi connectivity index (χ1) is 10.0. The van der Waals surface area contributed by atoms with Gasteiger partial charge < -0.3 is 10.0 Å². The Balaban J connectivity index is 2.44. The number of carbonyl (C=O) groups excluding carboxylic acids is 1. The fourth-order valence-corrected chi connectivity index (χ4v) is 3.09. The van der Waals surface area contributed by atoms with E-state index in [0.717, 1.165) is 17.5 Å². The number of rotatable bonds is 4. The lowest BCUT2D eigenvalue weighted by molar-refractivity contribution is -0.146. The van der Waals surface area contributed by atoms with Crippen LogP contribution in [0, 0.1) is 12.8 Å². The predicted molar refractivity (Wildman–Crippen MR) is 80.9 cm³/mol. The van der Waals surface area contributed by atoms with E-state index in [2.05, 4.69) is 0 Å². The molecule has 0 radical (unpaired) electrons. The summed E-state index contributed by atoms with van der Waals surface area (Å²) in [5.74, 6) is -1.26. The van der Waals surface area contributed by atoms with Gasteiger partial charge in [0, 0.05) is 13.0 Å². The molecule has 1 aliphatic heterocycles. The molecular weight excluding hydrogens is 266 g/mol. The number of hydrogen-bond donors (Lipinski definition) is 1. The summed E-state index contributed by atoms with van der Waals surface area (Å²) in [4.78, 5) is 25.8. The molecule has 1 N–H and O–H groups in total. The zero-order chi connectivity index (χ0) is 15.4. The topological polar surface area (TPSA) is 57.6 Å². The molecule has 1 aromatic rings. The molecule has 2 rings (SSSR count). The molecule has 1 aliphatic rings. The van der Waals surface area contributed by atoms with E-state index in [0.29, 0.717) is 25.8 Å². The maximum atomic E-state index is 12.4. The van der Waals surface area contributed by atoms with E-state index in [1.807, 2.05) is 38.1 Å². The van der Waals surface area contributed by atoms with Gasteiger partial charge in [-0.25, -0.2) is 0 Å². The van der Waals surface area contributed by atoms with E-state index in [1.54, 1.807) is 4.90 Å². The van der Waals surface area contributed by atoms with Crippen LogP contribution in [0.4, 0.5) is 0 Å². The smallest absolute Gasteiger partial charge is 0.308 e. The first-order valence-electron chi connectivity index (χ1n) is 7.63. The fraction of sp³-hybridized carbons (Fsp3) is 0.529. The van der Waals surface area contributed by atoms with Gasteiger partial charge >= 0.3 is 5.97 Å². The molecule has 2 unspecified atom stereocenters. The van der Waals surface area contributed by atoms with Crippen LogP contribution in [0.3, 0.4) is 0 Å². The highest BCUT2D eigenvalue weighted by Crippen LogP contribution is 2.36. The molecule has 21 heavy (non-hydrogen) atoms. The third kappa shape index (κ3) is 3.43. The van der Waals surface area contributed by atoms with Gasteiger partial charge in [0.05, 0.1) is 12.0 Å². The third-order valence-electron chi connectivity index (χ3n) is 4.14. The number of likely N-dealkylation sites (tertiary alicyclic amines) is 1.